The number of hydrogen-bond donors (Lipinski definition) is 2. The van der Waals surface area contributed by atoms with Crippen molar-refractivity contribution in [2.45, 2.75) is 55.7 Å². The maximum atomic E-state index is 13.4. The fraction of sp³-hybridized carbons (Fsp3) is 0.367. The van der Waals surface area contributed by atoms with Gasteiger partial charge >= 0.3 is 12.5 Å². The molecule has 0 saturated carbocycles. The first-order valence-corrected chi connectivity index (χ1v) is 15.3. The molecule has 2 aliphatic heterocycles. The van der Waals surface area contributed by atoms with Crippen LogP contribution < -0.4 is 20.4 Å². The lowest BCUT2D eigenvalue weighted by Gasteiger charge is -2.46. The molecule has 2 heterocycles. The fourth-order valence-electron chi connectivity index (χ4n) is 5.88. The van der Waals surface area contributed by atoms with Crippen molar-refractivity contribution in [3.8, 4) is 5.75 Å². The summed E-state index contributed by atoms with van der Waals surface area (Å²) in [4.78, 5) is 14.4. The van der Waals surface area contributed by atoms with Crippen molar-refractivity contribution >= 4 is 34.3 Å². The third-order valence-corrected chi connectivity index (χ3v) is 9.12. The Morgan fingerprint density at radius 3 is 2.02 bits per heavy atom. The molecule has 1 fully saturated rings. The molecular formula is C30H32BF3N2O6S. The lowest BCUT2D eigenvalue weighted by molar-refractivity contribution is -0.274. The van der Waals surface area contributed by atoms with Crippen LogP contribution in [0.1, 0.15) is 37.8 Å². The number of aliphatic hydroxyl groups is 1. The Bertz CT molecular complexity index is 1550. The number of fused-ring (bicyclic) bond motifs is 2. The maximum absolute atomic E-state index is 13.4. The predicted molar refractivity (Wildman–Crippen MR) is 156 cm³/mol. The normalized spacial score (nSPS) is 20.9. The molecule has 0 bridgehead atoms. The maximum Gasteiger partial charge on any atom is 0.573 e. The van der Waals surface area contributed by atoms with E-state index in [1.807, 2.05) is 48.5 Å². The molecule has 3 aromatic rings. The summed E-state index contributed by atoms with van der Waals surface area (Å²) in [6, 6.07) is 18.3. The average molecular weight is 616 g/mol. The van der Waals surface area contributed by atoms with Gasteiger partial charge in [0, 0.05) is 24.9 Å². The van der Waals surface area contributed by atoms with Crippen molar-refractivity contribution in [3.63, 3.8) is 0 Å². The number of benzene rings is 3. The molecule has 13 heteroatoms. The SMILES string of the molecule is CC(C)(C)OC(=O)N1CC(C2c3ccccc3Bc3ccccc32)[C@@H](O)[C@H](NS(=O)(=O)c2ccc(OC(F)(F)F)cc2)C1. The quantitative estimate of drug-likeness (QED) is 0.428. The number of sulfonamides is 1. The Balaban J connectivity index is 1.50. The van der Waals surface area contributed by atoms with Crippen LogP contribution in [0.15, 0.2) is 77.7 Å². The molecule has 1 unspecified atom stereocenters. The summed E-state index contributed by atoms with van der Waals surface area (Å²) in [6.45, 7) is 5.09. The second kappa shape index (κ2) is 11.5. The molecule has 0 aliphatic carbocycles. The standard InChI is InChI=1S/C30H32BF3N2O6S/c1-29(2,3)42-28(38)36-16-22(26-20-8-4-6-10-23(20)31-24-11-7-5-9-21(24)26)27(37)25(17-36)35-43(39,40)19-14-12-18(13-15-19)41-30(32,33)34/h4-15,22,25-27,31,35,37H,16-17H2,1-3H3/t22?,25-,27-/m1/s1. The van der Waals surface area contributed by atoms with Crippen LogP contribution >= 0.6 is 0 Å². The predicted octanol–water partition coefficient (Wildman–Crippen LogP) is 2.99. The average Bonchev–Trinajstić information content (AvgIpc) is 2.91. The van der Waals surface area contributed by atoms with E-state index in [-0.39, 0.29) is 23.9 Å². The van der Waals surface area contributed by atoms with Gasteiger partial charge in [-0.25, -0.2) is 17.9 Å². The number of hydrogen-bond acceptors (Lipinski definition) is 6. The number of rotatable bonds is 5. The second-order valence-electron chi connectivity index (χ2n) is 11.8. The van der Waals surface area contributed by atoms with Crippen molar-refractivity contribution < 1.29 is 41.0 Å². The van der Waals surface area contributed by atoms with Gasteiger partial charge in [0.05, 0.1) is 17.0 Å². The van der Waals surface area contributed by atoms with Crippen molar-refractivity contribution in [1.82, 2.24) is 9.62 Å². The van der Waals surface area contributed by atoms with Crippen LogP contribution in [0.4, 0.5) is 18.0 Å². The highest BCUT2D eigenvalue weighted by Gasteiger charge is 2.46. The first-order valence-electron chi connectivity index (χ1n) is 13.8. The molecule has 3 aromatic carbocycles. The molecule has 2 N–H and O–H groups in total. The van der Waals surface area contributed by atoms with Gasteiger partial charge in [-0.3, -0.25) is 0 Å². The molecular weight excluding hydrogens is 584 g/mol. The van der Waals surface area contributed by atoms with Crippen LogP contribution in [0.5, 0.6) is 5.75 Å². The number of nitrogens with zero attached hydrogens (tertiary/aromatic N) is 1. The summed E-state index contributed by atoms with van der Waals surface area (Å²) in [5.41, 5.74) is 3.30. The Labute approximate surface area is 249 Å². The summed E-state index contributed by atoms with van der Waals surface area (Å²) in [5.74, 6) is -1.55. The minimum atomic E-state index is -4.93. The first kappa shape index (κ1) is 30.9. The van der Waals surface area contributed by atoms with Gasteiger partial charge in [-0.2, -0.15) is 0 Å². The molecule has 5 rings (SSSR count). The number of nitrogens with one attached hydrogen (secondary N) is 1. The number of aliphatic hydroxyl groups excluding tert-OH is 1. The van der Waals surface area contributed by atoms with E-state index in [1.165, 1.54) is 4.90 Å². The molecule has 228 valence electrons. The van der Waals surface area contributed by atoms with Crippen molar-refractivity contribution in [2.75, 3.05) is 13.1 Å². The lowest BCUT2D eigenvalue weighted by atomic mass is 9.52. The van der Waals surface area contributed by atoms with Gasteiger partial charge in [-0.15, -0.1) is 13.2 Å². The molecule has 8 nitrogen and oxygen atoms in total. The first-order chi connectivity index (χ1) is 20.1. The highest BCUT2D eigenvalue weighted by molar-refractivity contribution is 7.89. The summed E-state index contributed by atoms with van der Waals surface area (Å²) < 4.78 is 76.5. The smallest absolute Gasteiger partial charge is 0.444 e. The van der Waals surface area contributed by atoms with Crippen LogP contribution in [0, 0.1) is 5.92 Å². The highest BCUT2D eigenvalue weighted by Crippen LogP contribution is 2.38. The Morgan fingerprint density at radius 1 is 0.930 bits per heavy atom. The summed E-state index contributed by atoms with van der Waals surface area (Å²) >= 11 is 0. The van der Waals surface area contributed by atoms with Gasteiger partial charge in [0.25, 0.3) is 0 Å². The van der Waals surface area contributed by atoms with Gasteiger partial charge in [-0.05, 0) is 56.2 Å². The van der Waals surface area contributed by atoms with E-state index in [1.54, 1.807) is 20.8 Å². The van der Waals surface area contributed by atoms with E-state index in [4.69, 9.17) is 4.74 Å². The van der Waals surface area contributed by atoms with E-state index in [2.05, 4.69) is 9.46 Å². The fourth-order valence-corrected chi connectivity index (χ4v) is 7.13. The second-order valence-corrected chi connectivity index (χ2v) is 13.6. The van der Waals surface area contributed by atoms with Gasteiger partial charge in [-0.1, -0.05) is 59.5 Å². The number of amides is 1. The van der Waals surface area contributed by atoms with Gasteiger partial charge in [0.2, 0.25) is 10.0 Å². The van der Waals surface area contributed by atoms with Crippen LogP contribution in [-0.2, 0) is 14.8 Å². The number of carbonyl (C=O) groups is 1. The zero-order valence-corrected chi connectivity index (χ0v) is 24.7. The Kier molecular flexibility index (Phi) is 8.27. The van der Waals surface area contributed by atoms with E-state index < -0.39 is 51.9 Å². The minimum Gasteiger partial charge on any atom is -0.444 e. The molecule has 43 heavy (non-hydrogen) atoms. The van der Waals surface area contributed by atoms with Crippen LogP contribution in [0.25, 0.3) is 0 Å². The number of piperidine rings is 1. The van der Waals surface area contributed by atoms with Gasteiger partial charge < -0.3 is 19.5 Å². The molecule has 0 aromatic heterocycles. The monoisotopic (exact) mass is 616 g/mol. The molecule has 2 aliphatic rings. The van der Waals surface area contributed by atoms with E-state index in [0.29, 0.717) is 7.28 Å². The topological polar surface area (TPSA) is 105 Å². The molecule has 1 saturated heterocycles. The van der Waals surface area contributed by atoms with Crippen molar-refractivity contribution in [3.05, 3.63) is 83.9 Å². The van der Waals surface area contributed by atoms with E-state index in [9.17, 15) is 31.5 Å². The number of likely N-dealkylation sites (tertiary alicyclic amines) is 1. The van der Waals surface area contributed by atoms with Gasteiger partial charge in [0.15, 0.2) is 7.28 Å². The summed E-state index contributed by atoms with van der Waals surface area (Å²) in [5, 5.41) is 11.8. The van der Waals surface area contributed by atoms with Crippen LogP contribution in [-0.4, -0.2) is 69.0 Å². The lowest BCUT2D eigenvalue weighted by Crippen LogP contribution is -2.62. The van der Waals surface area contributed by atoms with Crippen molar-refractivity contribution in [2.24, 2.45) is 5.92 Å². The summed E-state index contributed by atoms with van der Waals surface area (Å²) in [7, 11) is -3.64. The van der Waals surface area contributed by atoms with Crippen molar-refractivity contribution in [1.29, 1.82) is 0 Å². The molecule has 1 amide bonds. The number of alkyl halides is 3. The van der Waals surface area contributed by atoms with E-state index >= 15 is 0 Å². The zero-order chi connectivity index (χ0) is 31.2. The van der Waals surface area contributed by atoms with Gasteiger partial charge in [0.1, 0.15) is 11.4 Å². The largest absolute Gasteiger partial charge is 0.573 e. The third-order valence-electron chi connectivity index (χ3n) is 7.61. The zero-order valence-electron chi connectivity index (χ0n) is 23.8. The Hall–Kier alpha value is -3.55. The highest BCUT2D eigenvalue weighted by atomic mass is 32.2. The summed E-state index contributed by atoms with van der Waals surface area (Å²) in [6.07, 6.45) is -6.81. The number of carbonyl (C=O) groups excluding carboxylic acids is 1. The number of halogens is 3. The Morgan fingerprint density at radius 2 is 1.49 bits per heavy atom. The minimum absolute atomic E-state index is 0.102. The van der Waals surface area contributed by atoms with Crippen LogP contribution in [0.3, 0.4) is 0 Å². The van der Waals surface area contributed by atoms with E-state index in [0.717, 1.165) is 46.3 Å². The third kappa shape index (κ3) is 7.00. The van der Waals surface area contributed by atoms with Crippen LogP contribution in [0.2, 0.25) is 0 Å². The number of ether oxygens (including phenoxy) is 2. The molecule has 3 atom stereocenters. The molecule has 0 spiro atoms. The molecule has 0 radical (unpaired) electrons.